The Morgan fingerprint density at radius 1 is 1.38 bits per heavy atom. The van der Waals surface area contributed by atoms with E-state index in [0.29, 0.717) is 15.6 Å². The first-order chi connectivity index (χ1) is 11.0. The second kappa shape index (κ2) is 5.09. The molecule has 0 heterocycles. The van der Waals surface area contributed by atoms with Crippen molar-refractivity contribution in [3.63, 3.8) is 0 Å². The number of hydrogen-bond acceptors (Lipinski definition) is 5. The fourth-order valence-corrected chi connectivity index (χ4v) is 4.52. The third-order valence-electron chi connectivity index (χ3n) is 5.64. The van der Waals surface area contributed by atoms with E-state index < -0.39 is 21.2 Å². The van der Waals surface area contributed by atoms with E-state index in [1.807, 2.05) is 6.92 Å². The van der Waals surface area contributed by atoms with Gasteiger partial charge < -0.3 is 5.11 Å². The molecule has 3 N–H and O–H groups in total. The molecule has 0 saturated heterocycles. The lowest BCUT2D eigenvalue weighted by atomic mass is 9.67. The molecule has 1 atom stereocenters. The molecule has 0 aromatic carbocycles. The highest BCUT2D eigenvalue weighted by molar-refractivity contribution is 7.86. The van der Waals surface area contributed by atoms with E-state index in [4.69, 9.17) is 9.98 Å². The fraction of sp³-hybridized carbons (Fsp3) is 0.562. The van der Waals surface area contributed by atoms with E-state index in [1.165, 1.54) is 7.11 Å². The molecule has 0 amide bonds. The quantitative estimate of drug-likeness (QED) is 0.724. The third kappa shape index (κ3) is 2.18. The van der Waals surface area contributed by atoms with Gasteiger partial charge in [-0.2, -0.15) is 8.42 Å². The van der Waals surface area contributed by atoms with Gasteiger partial charge in [-0.15, -0.1) is 0 Å². The maximum absolute atomic E-state index is 12.8. The van der Waals surface area contributed by atoms with E-state index in [0.717, 1.165) is 29.6 Å². The van der Waals surface area contributed by atoms with Crippen molar-refractivity contribution in [1.29, 1.82) is 0 Å². The van der Waals surface area contributed by atoms with Crippen LogP contribution in [0, 0.1) is 5.41 Å². The number of fused-ring (bicyclic) bond motifs is 1. The van der Waals surface area contributed by atoms with Gasteiger partial charge in [0.05, 0.1) is 13.7 Å². The Balaban J connectivity index is 2.10. The van der Waals surface area contributed by atoms with Gasteiger partial charge in [-0.25, -0.2) is 5.14 Å². The molecular formula is C16H22N2O5S. The molecule has 8 heteroatoms. The number of nitrogens with zero attached hydrogens (tertiary/aromatic N) is 1. The van der Waals surface area contributed by atoms with E-state index in [9.17, 15) is 18.3 Å². The Morgan fingerprint density at radius 2 is 1.96 bits per heavy atom. The van der Waals surface area contributed by atoms with Crippen molar-refractivity contribution < 1.29 is 23.2 Å². The highest BCUT2D eigenvalue weighted by atomic mass is 32.2. The molecule has 3 rings (SSSR count). The van der Waals surface area contributed by atoms with Crippen LogP contribution in [-0.2, 0) is 19.8 Å². The van der Waals surface area contributed by atoms with Crippen molar-refractivity contribution in [2.75, 3.05) is 13.7 Å². The van der Waals surface area contributed by atoms with Gasteiger partial charge in [0, 0.05) is 11.0 Å². The standard InChI is InChI=1S/C16H22N2O5S/c1-9-7-11-13(12(9)8-18(23-4)24(17,21)22)10(2)16(5-6-16)15(3,20)14(11)19/h7,20H,5-6,8H2,1-4H3,(H2,17,21,22)/t15-/m0/s1. The number of hydrogen-bond donors (Lipinski definition) is 2. The summed E-state index contributed by atoms with van der Waals surface area (Å²) in [5, 5.41) is 15.9. The molecule has 7 nitrogen and oxygen atoms in total. The number of hydroxylamine groups is 1. The maximum Gasteiger partial charge on any atom is 0.299 e. The molecule has 0 aliphatic heterocycles. The molecule has 0 aromatic heterocycles. The first-order valence-electron chi connectivity index (χ1n) is 7.72. The number of Topliss-reactive ketones (excluding diaryl/α,β-unsaturated/α-hetero) is 1. The van der Waals surface area contributed by atoms with Crippen molar-refractivity contribution in [2.24, 2.45) is 10.6 Å². The molecule has 3 aliphatic carbocycles. The minimum atomic E-state index is -4.03. The molecule has 0 bridgehead atoms. The van der Waals surface area contributed by atoms with Gasteiger partial charge in [0.25, 0.3) is 10.2 Å². The zero-order chi connectivity index (χ0) is 18.1. The summed E-state index contributed by atoms with van der Waals surface area (Å²) in [4.78, 5) is 17.7. The lowest BCUT2D eigenvalue weighted by molar-refractivity contribution is -0.137. The lowest BCUT2D eigenvalue weighted by Crippen LogP contribution is -2.49. The van der Waals surface area contributed by atoms with Gasteiger partial charge in [0.15, 0.2) is 5.78 Å². The topological polar surface area (TPSA) is 110 Å². The largest absolute Gasteiger partial charge is 0.381 e. The van der Waals surface area contributed by atoms with Crippen LogP contribution in [0.15, 0.2) is 33.9 Å². The molecular weight excluding hydrogens is 332 g/mol. The molecule has 0 aromatic rings. The summed E-state index contributed by atoms with van der Waals surface area (Å²) in [6.07, 6.45) is 3.19. The second-order valence-electron chi connectivity index (χ2n) is 6.89. The zero-order valence-corrected chi connectivity index (χ0v) is 15.0. The van der Waals surface area contributed by atoms with Crippen LogP contribution in [0.4, 0.5) is 0 Å². The molecule has 0 unspecified atom stereocenters. The van der Waals surface area contributed by atoms with E-state index in [-0.39, 0.29) is 12.3 Å². The van der Waals surface area contributed by atoms with Crippen LogP contribution in [0.1, 0.15) is 33.6 Å². The predicted octanol–water partition coefficient (Wildman–Crippen LogP) is 0.740. The predicted molar refractivity (Wildman–Crippen MR) is 87.6 cm³/mol. The normalized spacial score (nSPS) is 28.8. The number of allylic oxidation sites excluding steroid dienone is 2. The summed E-state index contributed by atoms with van der Waals surface area (Å²) in [5.74, 6) is -0.311. The second-order valence-corrected chi connectivity index (χ2v) is 8.33. The number of aliphatic hydroxyl groups is 1. The Bertz CT molecular complexity index is 829. The van der Waals surface area contributed by atoms with Gasteiger partial charge in [-0.3, -0.25) is 9.63 Å². The van der Waals surface area contributed by atoms with Gasteiger partial charge in [0.1, 0.15) is 5.60 Å². The van der Waals surface area contributed by atoms with Gasteiger partial charge in [0.2, 0.25) is 0 Å². The first-order valence-corrected chi connectivity index (χ1v) is 9.23. The summed E-state index contributed by atoms with van der Waals surface area (Å²) < 4.78 is 23.9. The molecule has 0 radical (unpaired) electrons. The van der Waals surface area contributed by atoms with Crippen LogP contribution in [0.5, 0.6) is 0 Å². The maximum atomic E-state index is 12.8. The summed E-state index contributed by atoms with van der Waals surface area (Å²) >= 11 is 0. The molecule has 1 spiro atoms. The van der Waals surface area contributed by atoms with Crippen molar-refractivity contribution in [1.82, 2.24) is 4.47 Å². The van der Waals surface area contributed by atoms with Crippen molar-refractivity contribution in [3.05, 3.63) is 33.9 Å². The van der Waals surface area contributed by atoms with Gasteiger partial charge in [-0.1, -0.05) is 10.0 Å². The third-order valence-corrected chi connectivity index (χ3v) is 6.49. The monoisotopic (exact) mass is 354 g/mol. The van der Waals surface area contributed by atoms with Crippen LogP contribution < -0.4 is 5.14 Å². The van der Waals surface area contributed by atoms with Gasteiger partial charge >= 0.3 is 0 Å². The lowest BCUT2D eigenvalue weighted by Gasteiger charge is -2.39. The molecule has 1 fully saturated rings. The van der Waals surface area contributed by atoms with E-state index in [1.54, 1.807) is 19.9 Å². The average Bonchev–Trinajstić information content (AvgIpc) is 3.22. The van der Waals surface area contributed by atoms with Crippen LogP contribution in [0.25, 0.3) is 0 Å². The summed E-state index contributed by atoms with van der Waals surface area (Å²) in [6.45, 7) is 5.20. The van der Waals surface area contributed by atoms with Crippen molar-refractivity contribution in [2.45, 2.75) is 39.2 Å². The average molecular weight is 354 g/mol. The summed E-state index contributed by atoms with van der Waals surface area (Å²) in [5.41, 5.74) is 1.58. The van der Waals surface area contributed by atoms with Crippen LogP contribution in [-0.4, -0.2) is 43.0 Å². The highest BCUT2D eigenvalue weighted by Crippen LogP contribution is 2.64. The smallest absolute Gasteiger partial charge is 0.299 e. The minimum Gasteiger partial charge on any atom is -0.381 e. The van der Waals surface area contributed by atoms with Crippen molar-refractivity contribution in [3.8, 4) is 0 Å². The number of nitrogens with two attached hydrogens (primary N) is 1. The highest BCUT2D eigenvalue weighted by Gasteiger charge is 2.65. The van der Waals surface area contributed by atoms with Crippen LogP contribution in [0.2, 0.25) is 0 Å². The zero-order valence-electron chi connectivity index (χ0n) is 14.2. The van der Waals surface area contributed by atoms with Gasteiger partial charge in [-0.05, 0) is 56.4 Å². The number of carbonyl (C=O) groups excluding carboxylic acids is 1. The van der Waals surface area contributed by atoms with Crippen molar-refractivity contribution >= 4 is 16.0 Å². The SMILES string of the molecule is CON(CC1=C(C)C=C2C(=O)[C@](C)(O)C3(CC3)C(C)=C21)S(N)(=O)=O. The number of rotatable bonds is 4. The fourth-order valence-electron chi connectivity index (χ4n) is 4.00. The van der Waals surface area contributed by atoms with E-state index >= 15 is 0 Å². The molecule has 1 saturated carbocycles. The number of carbonyl (C=O) groups is 1. The summed E-state index contributed by atoms with van der Waals surface area (Å²) in [7, 11) is -2.81. The Morgan fingerprint density at radius 3 is 2.42 bits per heavy atom. The number of ketones is 1. The molecule has 3 aliphatic rings. The van der Waals surface area contributed by atoms with E-state index in [2.05, 4.69) is 0 Å². The Hall–Kier alpha value is -1.32. The minimum absolute atomic E-state index is 0.0840. The summed E-state index contributed by atoms with van der Waals surface area (Å²) in [6, 6.07) is 0. The first kappa shape index (κ1) is 17.5. The van der Waals surface area contributed by atoms with Crippen LogP contribution >= 0.6 is 0 Å². The Kier molecular flexibility index (Phi) is 3.71. The molecule has 132 valence electrons. The molecule has 24 heavy (non-hydrogen) atoms. The Labute approximate surface area is 141 Å². The van der Waals surface area contributed by atoms with Crippen LogP contribution in [0.3, 0.4) is 0 Å².